The molecule has 0 aliphatic carbocycles. The van der Waals surface area contributed by atoms with E-state index in [-0.39, 0.29) is 11.3 Å². The number of benzene rings is 2. The van der Waals surface area contributed by atoms with Gasteiger partial charge in [0.1, 0.15) is 5.76 Å². The van der Waals surface area contributed by atoms with Gasteiger partial charge in [0.05, 0.1) is 29.5 Å². The molecule has 3 heterocycles. The summed E-state index contributed by atoms with van der Waals surface area (Å²) in [7, 11) is 1.32. The van der Waals surface area contributed by atoms with E-state index in [1.807, 2.05) is 66.8 Å². The minimum absolute atomic E-state index is 0.148. The number of rotatable bonds is 5. The van der Waals surface area contributed by atoms with E-state index in [0.717, 1.165) is 22.3 Å². The Morgan fingerprint density at radius 3 is 2.65 bits per heavy atom. The van der Waals surface area contributed by atoms with Crippen molar-refractivity contribution in [3.63, 3.8) is 0 Å². The zero-order valence-electron chi connectivity index (χ0n) is 19.2. The van der Waals surface area contributed by atoms with Crippen molar-refractivity contribution in [3.8, 4) is 5.69 Å². The molecule has 34 heavy (non-hydrogen) atoms. The molecular formula is C25H22N4O4S. The summed E-state index contributed by atoms with van der Waals surface area (Å²) in [4.78, 5) is 25.4. The second kappa shape index (κ2) is 8.49. The number of carbonyl (C=O) groups excluding carboxylic acids is 1. The molecule has 8 nitrogen and oxygen atoms in total. The summed E-state index contributed by atoms with van der Waals surface area (Å²) in [5.74, 6) is 1.16. The molecule has 0 fully saturated rings. The summed E-state index contributed by atoms with van der Waals surface area (Å²) in [6.45, 7) is 5.76. The summed E-state index contributed by atoms with van der Waals surface area (Å²) in [6.07, 6.45) is 0. The van der Waals surface area contributed by atoms with Crippen molar-refractivity contribution in [1.82, 2.24) is 19.2 Å². The van der Waals surface area contributed by atoms with E-state index in [2.05, 4.69) is 10.2 Å². The fraction of sp³-hybridized carbons (Fsp3) is 0.200. The van der Waals surface area contributed by atoms with Gasteiger partial charge in [-0.3, -0.25) is 9.20 Å². The van der Waals surface area contributed by atoms with Crippen molar-refractivity contribution in [2.45, 2.75) is 31.7 Å². The van der Waals surface area contributed by atoms with Crippen molar-refractivity contribution in [2.24, 2.45) is 0 Å². The lowest BCUT2D eigenvalue weighted by Crippen LogP contribution is -2.22. The lowest BCUT2D eigenvalue weighted by Gasteiger charge is -2.13. The van der Waals surface area contributed by atoms with Gasteiger partial charge in [0, 0.05) is 5.56 Å². The molecule has 172 valence electrons. The van der Waals surface area contributed by atoms with E-state index in [1.54, 1.807) is 11.5 Å². The smallest absolute Gasteiger partial charge is 0.374 e. The monoisotopic (exact) mass is 474 g/mol. The van der Waals surface area contributed by atoms with Crippen LogP contribution in [0.25, 0.3) is 22.4 Å². The van der Waals surface area contributed by atoms with E-state index >= 15 is 0 Å². The zero-order chi connectivity index (χ0) is 24.0. The molecule has 5 rings (SSSR count). The first-order valence-electron chi connectivity index (χ1n) is 10.7. The van der Waals surface area contributed by atoms with E-state index < -0.39 is 5.97 Å². The number of thioether (sulfide) groups is 1. The third kappa shape index (κ3) is 3.58. The Morgan fingerprint density at radius 2 is 1.85 bits per heavy atom. The average Bonchev–Trinajstić information content (AvgIpc) is 3.43. The van der Waals surface area contributed by atoms with Gasteiger partial charge in [-0.05, 0) is 56.2 Å². The molecule has 0 amide bonds. The van der Waals surface area contributed by atoms with Gasteiger partial charge in [-0.1, -0.05) is 36.0 Å². The number of hydrogen-bond acceptors (Lipinski definition) is 7. The fourth-order valence-corrected chi connectivity index (χ4v) is 4.82. The van der Waals surface area contributed by atoms with Crippen LogP contribution in [0.1, 0.15) is 33.0 Å². The molecule has 0 aliphatic heterocycles. The predicted octanol–water partition coefficient (Wildman–Crippen LogP) is 4.63. The van der Waals surface area contributed by atoms with E-state index in [1.165, 1.54) is 18.9 Å². The molecule has 0 N–H and O–H groups in total. The number of para-hydroxylation sites is 1. The Hall–Kier alpha value is -3.85. The van der Waals surface area contributed by atoms with E-state index in [4.69, 9.17) is 9.15 Å². The second-order valence-corrected chi connectivity index (χ2v) is 9.01. The Kier molecular flexibility index (Phi) is 5.49. The van der Waals surface area contributed by atoms with Gasteiger partial charge in [-0.2, -0.15) is 0 Å². The Labute approximate surface area is 199 Å². The predicted molar refractivity (Wildman–Crippen MR) is 130 cm³/mol. The van der Waals surface area contributed by atoms with Crippen molar-refractivity contribution in [1.29, 1.82) is 0 Å². The number of esters is 1. The van der Waals surface area contributed by atoms with Crippen LogP contribution in [-0.4, -0.2) is 32.2 Å². The average molecular weight is 475 g/mol. The van der Waals surface area contributed by atoms with E-state index in [9.17, 15) is 9.59 Å². The van der Waals surface area contributed by atoms with Crippen molar-refractivity contribution in [2.75, 3.05) is 7.11 Å². The van der Waals surface area contributed by atoms with Gasteiger partial charge in [0.25, 0.3) is 5.56 Å². The number of carbonyl (C=O) groups is 1. The summed E-state index contributed by atoms with van der Waals surface area (Å²) in [5.41, 5.74) is 4.07. The SMILES string of the molecule is COC(=O)c1oc(CSc2nnc3n(-c4cc(C)ccc4C)c(=O)c4ccccc4n23)cc1C. The van der Waals surface area contributed by atoms with Gasteiger partial charge in [0.2, 0.25) is 11.5 Å². The summed E-state index contributed by atoms with van der Waals surface area (Å²) in [5, 5.41) is 9.99. The maximum Gasteiger partial charge on any atom is 0.374 e. The topological polar surface area (TPSA) is 91.6 Å². The summed E-state index contributed by atoms with van der Waals surface area (Å²) in [6, 6.07) is 15.2. The van der Waals surface area contributed by atoms with Crippen LogP contribution in [0.5, 0.6) is 0 Å². The first-order valence-corrected chi connectivity index (χ1v) is 11.6. The molecular weight excluding hydrogens is 452 g/mol. The van der Waals surface area contributed by atoms with Crippen LogP contribution < -0.4 is 5.56 Å². The van der Waals surface area contributed by atoms with Gasteiger partial charge in [-0.15, -0.1) is 10.2 Å². The normalized spacial score (nSPS) is 11.4. The van der Waals surface area contributed by atoms with Crippen LogP contribution in [0.15, 0.2) is 62.9 Å². The van der Waals surface area contributed by atoms with Crippen molar-refractivity contribution in [3.05, 3.63) is 87.1 Å². The minimum Gasteiger partial charge on any atom is -0.463 e. The second-order valence-electron chi connectivity index (χ2n) is 8.07. The molecule has 2 aromatic carbocycles. The third-order valence-corrected chi connectivity index (χ3v) is 6.63. The number of hydrogen-bond donors (Lipinski definition) is 0. The van der Waals surface area contributed by atoms with Crippen LogP contribution in [-0.2, 0) is 10.5 Å². The molecule has 0 saturated carbocycles. The number of aryl methyl sites for hydroxylation is 3. The van der Waals surface area contributed by atoms with Gasteiger partial charge in [-0.25, -0.2) is 9.36 Å². The minimum atomic E-state index is -0.509. The highest BCUT2D eigenvalue weighted by Gasteiger charge is 2.20. The van der Waals surface area contributed by atoms with Crippen molar-refractivity contribution < 1.29 is 13.9 Å². The molecule has 0 aliphatic rings. The van der Waals surface area contributed by atoms with Crippen LogP contribution in [0.4, 0.5) is 0 Å². The molecule has 0 radical (unpaired) electrons. The highest BCUT2D eigenvalue weighted by molar-refractivity contribution is 7.98. The zero-order valence-corrected chi connectivity index (χ0v) is 20.0. The van der Waals surface area contributed by atoms with Gasteiger partial charge in [0.15, 0.2) is 5.16 Å². The number of aromatic nitrogens is 4. The van der Waals surface area contributed by atoms with Crippen LogP contribution >= 0.6 is 11.8 Å². The number of fused-ring (bicyclic) bond motifs is 3. The number of methoxy groups -OCH3 is 1. The van der Waals surface area contributed by atoms with Gasteiger partial charge >= 0.3 is 5.97 Å². The molecule has 9 heteroatoms. The standard InChI is InChI=1S/C25H22N4O4S/c1-14-9-10-15(2)20(11-14)28-22(30)18-7-5-6-8-19(18)29-24(28)26-27-25(29)34-13-17-12-16(3)21(33-17)23(31)32-4/h5-12H,13H2,1-4H3. The van der Waals surface area contributed by atoms with Crippen molar-refractivity contribution >= 4 is 34.4 Å². The lowest BCUT2D eigenvalue weighted by atomic mass is 10.1. The highest BCUT2D eigenvalue weighted by Crippen LogP contribution is 2.28. The maximum atomic E-state index is 13.5. The maximum absolute atomic E-state index is 13.5. The fourth-order valence-electron chi connectivity index (χ4n) is 4.00. The summed E-state index contributed by atoms with van der Waals surface area (Å²) >= 11 is 1.41. The highest BCUT2D eigenvalue weighted by atomic mass is 32.2. The molecule has 0 spiro atoms. The van der Waals surface area contributed by atoms with Crippen LogP contribution in [0, 0.1) is 20.8 Å². The Morgan fingerprint density at radius 1 is 1.06 bits per heavy atom. The molecule has 5 aromatic rings. The van der Waals surface area contributed by atoms with Gasteiger partial charge < -0.3 is 9.15 Å². The first kappa shape index (κ1) is 22.0. The third-order valence-electron chi connectivity index (χ3n) is 5.68. The number of ether oxygens (including phenoxy) is 1. The number of furan rings is 1. The quantitative estimate of drug-likeness (QED) is 0.271. The first-order chi connectivity index (χ1) is 16.4. The summed E-state index contributed by atoms with van der Waals surface area (Å²) < 4.78 is 14.0. The largest absolute Gasteiger partial charge is 0.463 e. The molecule has 3 aromatic heterocycles. The molecule has 0 unspecified atom stereocenters. The number of nitrogens with zero attached hydrogens (tertiary/aromatic N) is 4. The van der Waals surface area contributed by atoms with Crippen LogP contribution in [0.3, 0.4) is 0 Å². The Bertz CT molecular complexity index is 1630. The van der Waals surface area contributed by atoms with E-state index in [0.29, 0.717) is 33.4 Å². The molecule has 0 saturated heterocycles. The Balaban J connectivity index is 1.66. The molecule has 0 atom stereocenters. The molecule has 0 bridgehead atoms. The lowest BCUT2D eigenvalue weighted by molar-refractivity contribution is 0.0562. The van der Waals surface area contributed by atoms with Crippen LogP contribution in [0.2, 0.25) is 0 Å².